The molecule has 2 nitrogen and oxygen atoms in total. The molecule has 1 unspecified atom stereocenters. The van der Waals surface area contributed by atoms with Crippen molar-refractivity contribution in [2.45, 2.75) is 32.1 Å². The molecular weight excluding hydrogens is 297 g/mol. The Balaban J connectivity index is 3.04. The Labute approximate surface area is 129 Å². The van der Waals surface area contributed by atoms with Gasteiger partial charge in [-0.1, -0.05) is 6.07 Å². The van der Waals surface area contributed by atoms with Crippen molar-refractivity contribution >= 4 is 17.4 Å². The molecule has 0 aliphatic carbocycles. The third-order valence-corrected chi connectivity index (χ3v) is 4.22. The third-order valence-electron chi connectivity index (χ3n) is 3.57. The minimum absolute atomic E-state index is 0.202. The zero-order chi connectivity index (χ0) is 16.0. The number of nitrogens with zero attached hydrogens (tertiary/aromatic N) is 1. The number of alkyl halides is 3. The Hall–Kier alpha value is -0.880. The molecule has 1 N–H and O–H groups in total. The predicted molar refractivity (Wildman–Crippen MR) is 85.1 cm³/mol. The van der Waals surface area contributed by atoms with Gasteiger partial charge in [0.2, 0.25) is 0 Å². The molecule has 0 amide bonds. The minimum Gasteiger partial charge on any atom is -0.372 e. The fourth-order valence-electron chi connectivity index (χ4n) is 2.13. The van der Waals surface area contributed by atoms with E-state index in [9.17, 15) is 13.2 Å². The third kappa shape index (κ3) is 5.11. The van der Waals surface area contributed by atoms with E-state index in [4.69, 9.17) is 0 Å². The van der Waals surface area contributed by atoms with Crippen LogP contribution in [0.3, 0.4) is 0 Å². The first kappa shape index (κ1) is 18.2. The lowest BCUT2D eigenvalue weighted by atomic mass is 10.0. The van der Waals surface area contributed by atoms with Crippen LogP contribution in [0.25, 0.3) is 0 Å². The van der Waals surface area contributed by atoms with Gasteiger partial charge in [-0.25, -0.2) is 0 Å². The molecule has 1 atom stereocenters. The molecule has 0 radical (unpaired) electrons. The quantitative estimate of drug-likeness (QED) is 0.817. The van der Waals surface area contributed by atoms with E-state index in [0.29, 0.717) is 5.69 Å². The molecule has 0 spiro atoms. The van der Waals surface area contributed by atoms with Crippen LogP contribution in [-0.4, -0.2) is 32.1 Å². The Kier molecular flexibility index (Phi) is 6.87. The predicted octanol–water partition coefficient (Wildman–Crippen LogP) is 4.00. The maximum Gasteiger partial charge on any atom is 0.416 e. The van der Waals surface area contributed by atoms with Gasteiger partial charge in [0.15, 0.2) is 0 Å². The maximum atomic E-state index is 13.2. The maximum absolute atomic E-state index is 13.2. The smallest absolute Gasteiger partial charge is 0.372 e. The summed E-state index contributed by atoms with van der Waals surface area (Å²) in [4.78, 5) is 1.91. The molecule has 6 heteroatoms. The SMILES string of the molecule is CNCc1ccc(N(C)C(C)CCSC)cc1C(F)(F)F. The topological polar surface area (TPSA) is 15.3 Å². The molecule has 0 heterocycles. The van der Waals surface area contributed by atoms with Crippen LogP contribution in [0.5, 0.6) is 0 Å². The van der Waals surface area contributed by atoms with Crippen LogP contribution in [0.15, 0.2) is 18.2 Å². The van der Waals surface area contributed by atoms with Gasteiger partial charge in [-0.05, 0) is 50.1 Å². The van der Waals surface area contributed by atoms with Crippen molar-refractivity contribution in [2.24, 2.45) is 0 Å². The number of rotatable bonds is 7. The Morgan fingerprint density at radius 1 is 1.33 bits per heavy atom. The highest BCUT2D eigenvalue weighted by Crippen LogP contribution is 2.35. The van der Waals surface area contributed by atoms with E-state index in [1.54, 1.807) is 30.9 Å². The zero-order valence-electron chi connectivity index (χ0n) is 12.9. The fourth-order valence-corrected chi connectivity index (χ4v) is 2.71. The lowest BCUT2D eigenvalue weighted by Crippen LogP contribution is -2.29. The molecule has 1 rings (SSSR count). The molecule has 1 aromatic rings. The Bertz CT molecular complexity index is 449. The fraction of sp³-hybridized carbons (Fsp3) is 0.600. The summed E-state index contributed by atoms with van der Waals surface area (Å²) in [6.45, 7) is 2.24. The average molecular weight is 320 g/mol. The van der Waals surface area contributed by atoms with Crippen molar-refractivity contribution in [1.82, 2.24) is 5.32 Å². The van der Waals surface area contributed by atoms with Gasteiger partial charge in [0, 0.05) is 25.3 Å². The van der Waals surface area contributed by atoms with E-state index in [-0.39, 0.29) is 18.2 Å². The van der Waals surface area contributed by atoms with E-state index < -0.39 is 11.7 Å². The van der Waals surface area contributed by atoms with Crippen molar-refractivity contribution in [1.29, 1.82) is 0 Å². The van der Waals surface area contributed by atoms with Gasteiger partial charge in [-0.3, -0.25) is 0 Å². The Morgan fingerprint density at radius 3 is 2.52 bits per heavy atom. The highest BCUT2D eigenvalue weighted by molar-refractivity contribution is 7.98. The molecule has 21 heavy (non-hydrogen) atoms. The van der Waals surface area contributed by atoms with Crippen molar-refractivity contribution in [3.63, 3.8) is 0 Å². The average Bonchev–Trinajstić information content (AvgIpc) is 2.43. The first-order valence-electron chi connectivity index (χ1n) is 6.87. The summed E-state index contributed by atoms with van der Waals surface area (Å²) in [7, 11) is 3.49. The van der Waals surface area contributed by atoms with Crippen LogP contribution < -0.4 is 10.2 Å². The molecule has 0 bridgehead atoms. The summed E-state index contributed by atoms with van der Waals surface area (Å²) in [5, 5.41) is 2.78. The second kappa shape index (κ2) is 7.94. The summed E-state index contributed by atoms with van der Waals surface area (Å²) in [6, 6.07) is 4.78. The van der Waals surface area contributed by atoms with Crippen LogP contribution in [0.1, 0.15) is 24.5 Å². The van der Waals surface area contributed by atoms with E-state index in [1.807, 2.05) is 25.1 Å². The molecule has 0 aliphatic heterocycles. The molecule has 0 saturated carbocycles. The van der Waals surface area contributed by atoms with Gasteiger partial charge in [0.25, 0.3) is 0 Å². The van der Waals surface area contributed by atoms with Crippen LogP contribution in [0, 0.1) is 0 Å². The van der Waals surface area contributed by atoms with Crippen molar-refractivity contribution in [3.05, 3.63) is 29.3 Å². The highest BCUT2D eigenvalue weighted by atomic mass is 32.2. The molecule has 0 fully saturated rings. The summed E-state index contributed by atoms with van der Waals surface area (Å²) in [6.07, 6.45) is -1.36. The normalized spacial score (nSPS) is 13.3. The second-order valence-electron chi connectivity index (χ2n) is 5.11. The lowest BCUT2D eigenvalue weighted by molar-refractivity contribution is -0.138. The monoisotopic (exact) mass is 320 g/mol. The summed E-state index contributed by atoms with van der Waals surface area (Å²) in [5.74, 6) is 0.996. The van der Waals surface area contributed by atoms with Gasteiger partial charge in [0.05, 0.1) is 5.56 Å². The molecule has 0 saturated heterocycles. The number of halogens is 3. The van der Waals surface area contributed by atoms with Crippen LogP contribution in [0.2, 0.25) is 0 Å². The van der Waals surface area contributed by atoms with E-state index in [1.165, 1.54) is 6.07 Å². The summed E-state index contributed by atoms with van der Waals surface area (Å²) < 4.78 is 39.5. The van der Waals surface area contributed by atoms with E-state index in [2.05, 4.69) is 5.32 Å². The van der Waals surface area contributed by atoms with E-state index >= 15 is 0 Å². The number of nitrogens with one attached hydrogen (secondary N) is 1. The Morgan fingerprint density at radius 2 is 2.00 bits per heavy atom. The van der Waals surface area contributed by atoms with E-state index in [0.717, 1.165) is 12.2 Å². The highest BCUT2D eigenvalue weighted by Gasteiger charge is 2.33. The van der Waals surface area contributed by atoms with Gasteiger partial charge in [-0.15, -0.1) is 0 Å². The van der Waals surface area contributed by atoms with Crippen LogP contribution in [0.4, 0.5) is 18.9 Å². The zero-order valence-corrected chi connectivity index (χ0v) is 13.7. The standard InChI is InChI=1S/C15H23F3N2S/c1-11(7-8-21-4)20(3)13-6-5-12(10-19-2)14(9-13)15(16,17)18/h5-6,9,11,19H,7-8,10H2,1-4H3. The minimum atomic E-state index is -4.33. The van der Waals surface area contributed by atoms with Gasteiger partial charge < -0.3 is 10.2 Å². The molecular formula is C15H23F3N2S. The summed E-state index contributed by atoms with van der Waals surface area (Å²) >= 11 is 1.74. The second-order valence-corrected chi connectivity index (χ2v) is 6.10. The van der Waals surface area contributed by atoms with Gasteiger partial charge in [0.1, 0.15) is 0 Å². The first-order chi connectivity index (χ1) is 9.81. The van der Waals surface area contributed by atoms with Gasteiger partial charge >= 0.3 is 6.18 Å². The van der Waals surface area contributed by atoms with Crippen LogP contribution in [-0.2, 0) is 12.7 Å². The number of hydrogen-bond donors (Lipinski definition) is 1. The first-order valence-corrected chi connectivity index (χ1v) is 8.27. The molecule has 0 aliphatic rings. The van der Waals surface area contributed by atoms with Crippen molar-refractivity contribution in [3.8, 4) is 0 Å². The van der Waals surface area contributed by atoms with Crippen molar-refractivity contribution < 1.29 is 13.2 Å². The lowest BCUT2D eigenvalue weighted by Gasteiger charge is -2.28. The van der Waals surface area contributed by atoms with Gasteiger partial charge in [-0.2, -0.15) is 24.9 Å². The molecule has 120 valence electrons. The summed E-state index contributed by atoms with van der Waals surface area (Å²) in [5.41, 5.74) is 0.327. The number of benzene rings is 1. The number of hydrogen-bond acceptors (Lipinski definition) is 3. The molecule has 1 aromatic carbocycles. The molecule has 0 aromatic heterocycles. The number of anilines is 1. The van der Waals surface area contributed by atoms with Crippen molar-refractivity contribution in [2.75, 3.05) is 31.0 Å². The number of thioether (sulfide) groups is 1. The largest absolute Gasteiger partial charge is 0.416 e. The van der Waals surface area contributed by atoms with Crippen LogP contribution >= 0.6 is 11.8 Å².